The van der Waals surface area contributed by atoms with E-state index < -0.39 is 0 Å². The Morgan fingerprint density at radius 1 is 1.56 bits per heavy atom. The van der Waals surface area contributed by atoms with Crippen LogP contribution < -0.4 is 0 Å². The van der Waals surface area contributed by atoms with E-state index in [1.165, 1.54) is 6.42 Å². The molecule has 2 unspecified atom stereocenters. The Kier molecular flexibility index (Phi) is 2.49. The van der Waals surface area contributed by atoms with Gasteiger partial charge in [-0.1, -0.05) is 13.3 Å². The van der Waals surface area contributed by atoms with Gasteiger partial charge in [-0.15, -0.1) is 0 Å². The topological polar surface area (TPSA) is 18.5 Å². The van der Waals surface area contributed by atoms with Gasteiger partial charge in [0.1, 0.15) is 0 Å². The van der Waals surface area contributed by atoms with Gasteiger partial charge in [0.2, 0.25) is 0 Å². The van der Waals surface area contributed by atoms with E-state index in [-0.39, 0.29) is 6.29 Å². The SMILES string of the molecule is CCCC1COC(C)O1. The summed E-state index contributed by atoms with van der Waals surface area (Å²) in [5.74, 6) is 0. The second-order valence-electron chi connectivity index (χ2n) is 2.45. The first-order valence-electron chi connectivity index (χ1n) is 3.60. The summed E-state index contributed by atoms with van der Waals surface area (Å²) in [6.45, 7) is 4.89. The molecular weight excluding hydrogens is 116 g/mol. The van der Waals surface area contributed by atoms with Gasteiger partial charge >= 0.3 is 0 Å². The average molecular weight is 130 g/mol. The second-order valence-corrected chi connectivity index (χ2v) is 2.45. The van der Waals surface area contributed by atoms with Gasteiger partial charge in [0.15, 0.2) is 6.29 Å². The Morgan fingerprint density at radius 3 is 2.78 bits per heavy atom. The number of hydrogen-bond acceptors (Lipinski definition) is 2. The Bertz CT molecular complexity index is 81.0. The predicted molar refractivity (Wildman–Crippen MR) is 35.2 cm³/mol. The van der Waals surface area contributed by atoms with Crippen LogP contribution in [0, 0.1) is 0 Å². The van der Waals surface area contributed by atoms with Crippen molar-refractivity contribution in [2.75, 3.05) is 6.61 Å². The number of hydrogen-bond donors (Lipinski definition) is 0. The summed E-state index contributed by atoms with van der Waals surface area (Å²) in [6, 6.07) is 0. The van der Waals surface area contributed by atoms with Crippen molar-refractivity contribution in [2.24, 2.45) is 0 Å². The van der Waals surface area contributed by atoms with E-state index in [2.05, 4.69) is 6.92 Å². The Balaban J connectivity index is 2.14. The van der Waals surface area contributed by atoms with Crippen molar-refractivity contribution in [3.05, 3.63) is 0 Å². The molecule has 1 heterocycles. The highest BCUT2D eigenvalue weighted by atomic mass is 16.7. The quantitative estimate of drug-likeness (QED) is 0.564. The normalized spacial score (nSPS) is 35.3. The molecule has 2 atom stereocenters. The third-order valence-corrected chi connectivity index (χ3v) is 1.51. The smallest absolute Gasteiger partial charge is 0.155 e. The van der Waals surface area contributed by atoms with Gasteiger partial charge in [-0.2, -0.15) is 0 Å². The lowest BCUT2D eigenvalue weighted by molar-refractivity contribution is -0.0432. The molecule has 54 valence electrons. The Labute approximate surface area is 56.2 Å². The minimum atomic E-state index is 0.0292. The minimum absolute atomic E-state index is 0.0292. The number of ether oxygens (including phenoxy) is 2. The van der Waals surface area contributed by atoms with Crippen molar-refractivity contribution in [2.45, 2.75) is 39.1 Å². The van der Waals surface area contributed by atoms with Gasteiger partial charge in [-0.3, -0.25) is 0 Å². The van der Waals surface area contributed by atoms with E-state index in [1.54, 1.807) is 0 Å². The van der Waals surface area contributed by atoms with Gasteiger partial charge in [0.05, 0.1) is 12.7 Å². The third-order valence-electron chi connectivity index (χ3n) is 1.51. The summed E-state index contributed by atoms with van der Waals surface area (Å²) in [5.41, 5.74) is 0. The molecule has 0 aromatic heterocycles. The van der Waals surface area contributed by atoms with Crippen molar-refractivity contribution >= 4 is 0 Å². The van der Waals surface area contributed by atoms with E-state index in [0.717, 1.165) is 13.0 Å². The molecule has 0 aromatic carbocycles. The lowest BCUT2D eigenvalue weighted by Gasteiger charge is -2.04. The summed E-state index contributed by atoms with van der Waals surface area (Å²) >= 11 is 0. The molecule has 1 fully saturated rings. The van der Waals surface area contributed by atoms with Crippen molar-refractivity contribution in [3.63, 3.8) is 0 Å². The molecule has 1 rings (SSSR count). The van der Waals surface area contributed by atoms with Crippen LogP contribution in [0.5, 0.6) is 0 Å². The summed E-state index contributed by atoms with van der Waals surface area (Å²) in [4.78, 5) is 0. The Morgan fingerprint density at radius 2 is 2.33 bits per heavy atom. The molecule has 2 nitrogen and oxygen atoms in total. The zero-order valence-corrected chi connectivity index (χ0v) is 6.09. The van der Waals surface area contributed by atoms with Crippen LogP contribution in [-0.4, -0.2) is 19.0 Å². The first kappa shape index (κ1) is 7.03. The van der Waals surface area contributed by atoms with Crippen LogP contribution in [0.3, 0.4) is 0 Å². The molecule has 0 N–H and O–H groups in total. The molecule has 0 amide bonds. The van der Waals surface area contributed by atoms with Crippen LogP contribution in [0.4, 0.5) is 0 Å². The highest BCUT2D eigenvalue weighted by Gasteiger charge is 2.20. The molecule has 0 aliphatic carbocycles. The summed E-state index contributed by atoms with van der Waals surface area (Å²) in [7, 11) is 0. The van der Waals surface area contributed by atoms with Crippen LogP contribution in [0.1, 0.15) is 26.7 Å². The van der Waals surface area contributed by atoms with Crippen LogP contribution in [0.15, 0.2) is 0 Å². The van der Waals surface area contributed by atoms with E-state index in [9.17, 15) is 0 Å². The fraction of sp³-hybridized carbons (Fsp3) is 1.00. The van der Waals surface area contributed by atoms with Crippen molar-refractivity contribution in [3.8, 4) is 0 Å². The van der Waals surface area contributed by atoms with Crippen LogP contribution in [0.25, 0.3) is 0 Å². The van der Waals surface area contributed by atoms with Crippen molar-refractivity contribution < 1.29 is 9.47 Å². The summed E-state index contributed by atoms with van der Waals surface area (Å²) in [5, 5.41) is 0. The van der Waals surface area contributed by atoms with E-state index >= 15 is 0 Å². The maximum absolute atomic E-state index is 5.38. The largest absolute Gasteiger partial charge is 0.350 e. The molecule has 0 saturated carbocycles. The van der Waals surface area contributed by atoms with Crippen LogP contribution in [0.2, 0.25) is 0 Å². The third kappa shape index (κ3) is 1.95. The average Bonchev–Trinajstić information content (AvgIpc) is 2.17. The summed E-state index contributed by atoms with van der Waals surface area (Å²) in [6.07, 6.45) is 2.71. The lowest BCUT2D eigenvalue weighted by atomic mass is 10.2. The summed E-state index contributed by atoms with van der Waals surface area (Å²) < 4.78 is 10.6. The van der Waals surface area contributed by atoms with Crippen LogP contribution >= 0.6 is 0 Å². The zero-order chi connectivity index (χ0) is 6.69. The molecule has 0 bridgehead atoms. The minimum Gasteiger partial charge on any atom is -0.350 e. The van der Waals surface area contributed by atoms with Gasteiger partial charge in [0, 0.05) is 0 Å². The van der Waals surface area contributed by atoms with Crippen molar-refractivity contribution in [1.29, 1.82) is 0 Å². The molecule has 0 aromatic rings. The van der Waals surface area contributed by atoms with Crippen molar-refractivity contribution in [1.82, 2.24) is 0 Å². The van der Waals surface area contributed by atoms with E-state index in [0.29, 0.717) is 6.10 Å². The fourth-order valence-corrected chi connectivity index (χ4v) is 1.07. The van der Waals surface area contributed by atoms with Gasteiger partial charge in [-0.25, -0.2) is 0 Å². The lowest BCUT2D eigenvalue weighted by Crippen LogP contribution is -2.09. The first-order valence-corrected chi connectivity index (χ1v) is 3.60. The molecular formula is C7H14O2. The molecule has 1 aliphatic heterocycles. The maximum Gasteiger partial charge on any atom is 0.155 e. The predicted octanol–water partition coefficient (Wildman–Crippen LogP) is 1.55. The Hall–Kier alpha value is -0.0800. The second kappa shape index (κ2) is 3.18. The number of rotatable bonds is 2. The van der Waals surface area contributed by atoms with E-state index in [4.69, 9.17) is 9.47 Å². The molecule has 2 heteroatoms. The van der Waals surface area contributed by atoms with Crippen LogP contribution in [-0.2, 0) is 9.47 Å². The molecule has 0 radical (unpaired) electrons. The first-order chi connectivity index (χ1) is 4.33. The van der Waals surface area contributed by atoms with E-state index in [1.807, 2.05) is 6.92 Å². The highest BCUT2D eigenvalue weighted by Crippen LogP contribution is 2.14. The monoisotopic (exact) mass is 130 g/mol. The van der Waals surface area contributed by atoms with Gasteiger partial charge < -0.3 is 9.47 Å². The molecule has 1 saturated heterocycles. The maximum atomic E-state index is 5.38. The standard InChI is InChI=1S/C7H14O2/c1-3-4-7-5-8-6(2)9-7/h6-7H,3-5H2,1-2H3. The van der Waals surface area contributed by atoms with Gasteiger partial charge in [0.25, 0.3) is 0 Å². The molecule has 0 spiro atoms. The molecule has 1 aliphatic rings. The zero-order valence-electron chi connectivity index (χ0n) is 6.09. The fourth-order valence-electron chi connectivity index (χ4n) is 1.07. The molecule has 9 heavy (non-hydrogen) atoms. The highest BCUT2D eigenvalue weighted by molar-refractivity contribution is 4.61. The van der Waals surface area contributed by atoms with Gasteiger partial charge in [-0.05, 0) is 13.3 Å².